The normalized spacial score (nSPS) is 21.5. The van der Waals surface area contributed by atoms with E-state index in [-0.39, 0.29) is 5.91 Å². The molecule has 1 aliphatic rings. The Morgan fingerprint density at radius 1 is 1.32 bits per heavy atom. The van der Waals surface area contributed by atoms with Crippen LogP contribution in [0.1, 0.15) is 18.1 Å². The molecular formula is C17H20N4O. The smallest absolute Gasteiger partial charge is 0.224 e. The second kappa shape index (κ2) is 6.32. The molecule has 2 rings (SSSR count). The molecule has 0 saturated heterocycles. The summed E-state index contributed by atoms with van der Waals surface area (Å²) in [5.41, 5.74) is 13.0. The Labute approximate surface area is 130 Å². The zero-order chi connectivity index (χ0) is 16.3. The zero-order valence-corrected chi connectivity index (χ0v) is 12.6. The SMILES string of the molecule is C=CC1=C(\C=C)N(C(C)=O)Cc2ccccc2/C(NN)=C\1N. The number of hydrogen-bond acceptors (Lipinski definition) is 4. The number of allylic oxidation sites excluding steroid dienone is 2. The van der Waals surface area contributed by atoms with Gasteiger partial charge < -0.3 is 16.1 Å². The minimum absolute atomic E-state index is 0.0963. The third-order valence-electron chi connectivity index (χ3n) is 3.66. The molecule has 0 aliphatic carbocycles. The summed E-state index contributed by atoms with van der Waals surface area (Å²) in [4.78, 5) is 13.7. The van der Waals surface area contributed by atoms with Crippen molar-refractivity contribution in [2.45, 2.75) is 13.5 Å². The number of hydrazine groups is 1. The second-order valence-corrected chi connectivity index (χ2v) is 4.90. The molecule has 1 heterocycles. The first-order valence-electron chi connectivity index (χ1n) is 6.87. The summed E-state index contributed by atoms with van der Waals surface area (Å²) in [6.45, 7) is 9.51. The van der Waals surface area contributed by atoms with Crippen LogP contribution in [0.15, 0.2) is 66.5 Å². The molecule has 0 spiro atoms. The molecule has 1 aliphatic heterocycles. The average Bonchev–Trinajstić information content (AvgIpc) is 2.50. The number of hydrogen-bond donors (Lipinski definition) is 3. The monoisotopic (exact) mass is 296 g/mol. The molecule has 1 aromatic rings. The van der Waals surface area contributed by atoms with E-state index in [1.807, 2.05) is 24.3 Å². The van der Waals surface area contributed by atoms with Crippen LogP contribution in [0.4, 0.5) is 0 Å². The lowest BCUT2D eigenvalue weighted by atomic mass is 9.96. The summed E-state index contributed by atoms with van der Waals surface area (Å²) in [5, 5.41) is 0. The molecule has 5 heteroatoms. The highest BCUT2D eigenvalue weighted by Gasteiger charge is 2.23. The van der Waals surface area contributed by atoms with Crippen molar-refractivity contribution in [2.75, 3.05) is 0 Å². The summed E-state index contributed by atoms with van der Waals surface area (Å²) in [7, 11) is 0. The van der Waals surface area contributed by atoms with E-state index in [0.29, 0.717) is 29.2 Å². The van der Waals surface area contributed by atoms with Gasteiger partial charge in [0.15, 0.2) is 0 Å². The van der Waals surface area contributed by atoms with Gasteiger partial charge in [0.05, 0.1) is 23.6 Å². The van der Waals surface area contributed by atoms with Crippen LogP contribution in [0, 0.1) is 0 Å². The van der Waals surface area contributed by atoms with E-state index in [0.717, 1.165) is 11.1 Å². The quantitative estimate of drug-likeness (QED) is 0.586. The largest absolute Gasteiger partial charge is 0.396 e. The van der Waals surface area contributed by atoms with Gasteiger partial charge in [0.1, 0.15) is 0 Å². The standard InChI is InChI=1S/C17H20N4O/c1-4-13-15(5-2)21(11(3)22)10-12-8-6-7-9-14(12)17(20-19)16(13)18/h4-9,20H,1-2,10,18-19H2,3H3/b15-13-,17-16-. The molecule has 0 atom stereocenters. The molecule has 1 aromatic carbocycles. The van der Waals surface area contributed by atoms with Crippen LogP contribution >= 0.6 is 0 Å². The van der Waals surface area contributed by atoms with Crippen LogP contribution in [0.3, 0.4) is 0 Å². The van der Waals surface area contributed by atoms with Gasteiger partial charge >= 0.3 is 0 Å². The van der Waals surface area contributed by atoms with E-state index < -0.39 is 0 Å². The van der Waals surface area contributed by atoms with Gasteiger partial charge in [-0.05, 0) is 11.6 Å². The lowest BCUT2D eigenvalue weighted by molar-refractivity contribution is -0.127. The first-order chi connectivity index (χ1) is 10.5. The Kier molecular flexibility index (Phi) is 4.48. The first-order valence-corrected chi connectivity index (χ1v) is 6.87. The molecule has 0 fully saturated rings. The third kappa shape index (κ3) is 2.54. The van der Waals surface area contributed by atoms with Crippen molar-refractivity contribution in [3.63, 3.8) is 0 Å². The van der Waals surface area contributed by atoms with Crippen molar-refractivity contribution in [1.82, 2.24) is 10.3 Å². The highest BCUT2D eigenvalue weighted by atomic mass is 16.2. The van der Waals surface area contributed by atoms with Crippen molar-refractivity contribution < 1.29 is 4.79 Å². The molecule has 5 nitrogen and oxygen atoms in total. The van der Waals surface area contributed by atoms with Crippen molar-refractivity contribution >= 4 is 11.6 Å². The van der Waals surface area contributed by atoms with Crippen LogP contribution in [0.5, 0.6) is 0 Å². The minimum Gasteiger partial charge on any atom is -0.396 e. The first kappa shape index (κ1) is 15.6. The van der Waals surface area contributed by atoms with Crippen LogP contribution < -0.4 is 17.0 Å². The number of nitrogens with two attached hydrogens (primary N) is 2. The maximum atomic E-state index is 12.1. The molecular weight excluding hydrogens is 276 g/mol. The van der Waals surface area contributed by atoms with Crippen molar-refractivity contribution in [3.05, 3.63) is 77.7 Å². The average molecular weight is 296 g/mol. The number of rotatable bonds is 3. The molecule has 0 aromatic heterocycles. The van der Waals surface area contributed by atoms with Crippen molar-refractivity contribution in [3.8, 4) is 0 Å². The van der Waals surface area contributed by atoms with Gasteiger partial charge in [-0.3, -0.25) is 10.6 Å². The Hall–Kier alpha value is -2.79. The number of amides is 1. The van der Waals surface area contributed by atoms with E-state index in [2.05, 4.69) is 18.6 Å². The van der Waals surface area contributed by atoms with Gasteiger partial charge in [-0.1, -0.05) is 43.5 Å². The van der Waals surface area contributed by atoms with Crippen LogP contribution in [-0.2, 0) is 11.3 Å². The van der Waals surface area contributed by atoms with Crippen LogP contribution in [0.25, 0.3) is 5.70 Å². The highest BCUT2D eigenvalue weighted by molar-refractivity contribution is 5.80. The van der Waals surface area contributed by atoms with E-state index in [1.165, 1.54) is 6.92 Å². The van der Waals surface area contributed by atoms with E-state index in [9.17, 15) is 4.79 Å². The lowest BCUT2D eigenvalue weighted by Gasteiger charge is -2.29. The van der Waals surface area contributed by atoms with E-state index >= 15 is 0 Å². The fraction of sp³-hybridized carbons (Fsp3) is 0.118. The fourth-order valence-electron chi connectivity index (χ4n) is 2.59. The molecule has 0 unspecified atom stereocenters. The van der Waals surface area contributed by atoms with Crippen LogP contribution in [-0.4, -0.2) is 10.8 Å². The predicted molar refractivity (Wildman–Crippen MR) is 88.5 cm³/mol. The number of carbonyl (C=O) groups excluding carboxylic acids is 1. The Morgan fingerprint density at radius 2 is 2.00 bits per heavy atom. The lowest BCUT2D eigenvalue weighted by Crippen LogP contribution is -2.33. The van der Waals surface area contributed by atoms with Gasteiger partial charge in [-0.15, -0.1) is 0 Å². The summed E-state index contributed by atoms with van der Waals surface area (Å²) in [5.74, 6) is 5.58. The number of nitrogens with zero attached hydrogens (tertiary/aromatic N) is 1. The predicted octanol–water partition coefficient (Wildman–Crippen LogP) is 1.77. The molecule has 22 heavy (non-hydrogen) atoms. The molecule has 0 radical (unpaired) electrons. The van der Waals surface area contributed by atoms with Gasteiger partial charge in [-0.2, -0.15) is 0 Å². The number of nitrogens with one attached hydrogen (secondary N) is 1. The second-order valence-electron chi connectivity index (χ2n) is 4.90. The maximum Gasteiger partial charge on any atom is 0.224 e. The number of fused-ring (bicyclic) bond motifs is 1. The molecule has 1 amide bonds. The van der Waals surface area contributed by atoms with Gasteiger partial charge in [0.25, 0.3) is 0 Å². The zero-order valence-electron chi connectivity index (χ0n) is 12.6. The Balaban J connectivity index is 2.86. The summed E-state index contributed by atoms with van der Waals surface area (Å²) < 4.78 is 0. The summed E-state index contributed by atoms with van der Waals surface area (Å²) in [6.07, 6.45) is 3.21. The van der Waals surface area contributed by atoms with Crippen LogP contribution in [0.2, 0.25) is 0 Å². The number of carbonyl (C=O) groups is 1. The molecule has 5 N–H and O–H groups in total. The van der Waals surface area contributed by atoms with E-state index in [1.54, 1.807) is 17.1 Å². The minimum atomic E-state index is -0.0963. The molecule has 0 bridgehead atoms. The highest BCUT2D eigenvalue weighted by Crippen LogP contribution is 2.30. The van der Waals surface area contributed by atoms with Crippen molar-refractivity contribution in [2.24, 2.45) is 11.6 Å². The van der Waals surface area contributed by atoms with Gasteiger partial charge in [0.2, 0.25) is 5.91 Å². The third-order valence-corrected chi connectivity index (χ3v) is 3.66. The number of benzene rings is 1. The topological polar surface area (TPSA) is 84.4 Å². The van der Waals surface area contributed by atoms with Gasteiger partial charge in [-0.25, -0.2) is 0 Å². The van der Waals surface area contributed by atoms with Gasteiger partial charge in [0, 0.05) is 18.1 Å². The fourth-order valence-corrected chi connectivity index (χ4v) is 2.59. The maximum absolute atomic E-state index is 12.1. The Bertz CT molecular complexity index is 700. The van der Waals surface area contributed by atoms with Crippen molar-refractivity contribution in [1.29, 1.82) is 0 Å². The van der Waals surface area contributed by atoms with E-state index in [4.69, 9.17) is 11.6 Å². The molecule has 114 valence electrons. The summed E-state index contributed by atoms with van der Waals surface area (Å²) in [6, 6.07) is 7.66. The summed E-state index contributed by atoms with van der Waals surface area (Å²) >= 11 is 0. The molecule has 0 saturated carbocycles. The Morgan fingerprint density at radius 3 is 2.55 bits per heavy atom.